The van der Waals surface area contributed by atoms with Crippen LogP contribution >= 0.6 is 0 Å². The number of carbonyl (C=O) groups excluding carboxylic acids is 1. The standard InChI is InChI=1S/C20H24N2O3S/c1-3-19(22(26(2,24)25)18-11-5-4-6-12-18)20(23)21-14-13-16-9-7-8-10-17(16)15-21/h4-12,19H,3,13-15H2,1-2H3/t19-/m0/s1. The highest BCUT2D eigenvalue weighted by Gasteiger charge is 2.35. The average molecular weight is 372 g/mol. The van der Waals surface area contributed by atoms with Gasteiger partial charge in [0, 0.05) is 13.1 Å². The molecule has 5 nitrogen and oxygen atoms in total. The van der Waals surface area contributed by atoms with E-state index in [4.69, 9.17) is 0 Å². The van der Waals surface area contributed by atoms with Gasteiger partial charge in [0.2, 0.25) is 15.9 Å². The summed E-state index contributed by atoms with van der Waals surface area (Å²) in [6.45, 7) is 2.98. The first-order valence-corrected chi connectivity index (χ1v) is 10.7. The predicted molar refractivity (Wildman–Crippen MR) is 103 cm³/mol. The van der Waals surface area contributed by atoms with Crippen molar-refractivity contribution in [1.82, 2.24) is 4.90 Å². The third-order valence-corrected chi connectivity index (χ3v) is 5.95. The summed E-state index contributed by atoms with van der Waals surface area (Å²) in [6, 6.07) is 16.2. The molecule has 0 unspecified atom stereocenters. The van der Waals surface area contributed by atoms with Crippen molar-refractivity contribution >= 4 is 21.6 Å². The van der Waals surface area contributed by atoms with Crippen LogP contribution in [0.4, 0.5) is 5.69 Å². The molecule has 0 aliphatic carbocycles. The molecule has 6 heteroatoms. The second-order valence-corrected chi connectivity index (χ2v) is 8.46. The monoisotopic (exact) mass is 372 g/mol. The Morgan fingerprint density at radius 3 is 2.31 bits per heavy atom. The summed E-state index contributed by atoms with van der Waals surface area (Å²) in [5.74, 6) is -0.142. The Balaban J connectivity index is 1.90. The first kappa shape index (κ1) is 18.5. The number of anilines is 1. The highest BCUT2D eigenvalue weighted by Crippen LogP contribution is 2.25. The molecule has 0 radical (unpaired) electrons. The zero-order chi connectivity index (χ0) is 18.7. The SMILES string of the molecule is CC[C@@H](C(=O)N1CCc2ccccc2C1)N(c1ccccc1)S(C)(=O)=O. The maximum absolute atomic E-state index is 13.2. The fraction of sp³-hybridized carbons (Fsp3) is 0.350. The van der Waals surface area contributed by atoms with Gasteiger partial charge in [-0.05, 0) is 36.1 Å². The summed E-state index contributed by atoms with van der Waals surface area (Å²) in [6.07, 6.45) is 2.36. The summed E-state index contributed by atoms with van der Waals surface area (Å²) in [5.41, 5.74) is 2.91. The summed E-state index contributed by atoms with van der Waals surface area (Å²) in [7, 11) is -3.59. The summed E-state index contributed by atoms with van der Waals surface area (Å²) in [5, 5.41) is 0. The molecule has 0 saturated heterocycles. The molecule has 1 aliphatic heterocycles. The van der Waals surface area contributed by atoms with E-state index >= 15 is 0 Å². The van der Waals surface area contributed by atoms with Gasteiger partial charge >= 0.3 is 0 Å². The molecule has 138 valence electrons. The lowest BCUT2D eigenvalue weighted by Crippen LogP contribution is -2.51. The molecule has 0 fully saturated rings. The Hall–Kier alpha value is -2.34. The van der Waals surface area contributed by atoms with Gasteiger partial charge < -0.3 is 4.90 Å². The molecule has 2 aromatic rings. The van der Waals surface area contributed by atoms with Gasteiger partial charge in [-0.15, -0.1) is 0 Å². The molecule has 0 saturated carbocycles. The van der Waals surface area contributed by atoms with Crippen molar-refractivity contribution in [2.24, 2.45) is 0 Å². The van der Waals surface area contributed by atoms with Crippen LogP contribution in [-0.4, -0.2) is 38.1 Å². The van der Waals surface area contributed by atoms with Crippen LogP contribution in [-0.2, 0) is 27.8 Å². The number of nitrogens with zero attached hydrogens (tertiary/aromatic N) is 2. The van der Waals surface area contributed by atoms with Crippen molar-refractivity contribution in [2.45, 2.75) is 32.4 Å². The Bertz CT molecular complexity index is 881. The molecule has 1 atom stereocenters. The zero-order valence-corrected chi connectivity index (χ0v) is 15.9. The molecule has 0 aromatic heterocycles. The lowest BCUT2D eigenvalue weighted by Gasteiger charge is -2.36. The van der Waals surface area contributed by atoms with E-state index < -0.39 is 16.1 Å². The second-order valence-electron chi connectivity index (χ2n) is 6.60. The Kier molecular flexibility index (Phi) is 5.32. The van der Waals surface area contributed by atoms with Gasteiger partial charge in [0.05, 0.1) is 11.9 Å². The number of carbonyl (C=O) groups is 1. The molecule has 26 heavy (non-hydrogen) atoms. The third kappa shape index (κ3) is 3.75. The molecule has 3 rings (SSSR count). The fourth-order valence-electron chi connectivity index (χ4n) is 3.51. The minimum absolute atomic E-state index is 0.142. The van der Waals surface area contributed by atoms with Crippen molar-refractivity contribution in [1.29, 1.82) is 0 Å². The van der Waals surface area contributed by atoms with E-state index in [1.54, 1.807) is 29.2 Å². The van der Waals surface area contributed by atoms with E-state index in [0.717, 1.165) is 18.2 Å². The van der Waals surface area contributed by atoms with Crippen LogP contribution in [0, 0.1) is 0 Å². The van der Waals surface area contributed by atoms with Gasteiger partial charge in [0.15, 0.2) is 0 Å². The van der Waals surface area contributed by atoms with Gasteiger partial charge in [-0.25, -0.2) is 8.42 Å². The van der Waals surface area contributed by atoms with E-state index in [1.165, 1.54) is 9.87 Å². The lowest BCUT2D eigenvalue weighted by atomic mass is 9.99. The van der Waals surface area contributed by atoms with Gasteiger partial charge in [0.25, 0.3) is 0 Å². The molecule has 2 aromatic carbocycles. The average Bonchev–Trinajstić information content (AvgIpc) is 2.64. The molecular weight excluding hydrogens is 348 g/mol. The summed E-state index contributed by atoms with van der Waals surface area (Å²) in [4.78, 5) is 15.0. The van der Waals surface area contributed by atoms with Crippen LogP contribution in [0.25, 0.3) is 0 Å². The van der Waals surface area contributed by atoms with Crippen molar-refractivity contribution in [3.63, 3.8) is 0 Å². The molecule has 1 heterocycles. The number of para-hydroxylation sites is 1. The number of hydrogen-bond donors (Lipinski definition) is 0. The molecule has 1 amide bonds. The number of benzene rings is 2. The van der Waals surface area contributed by atoms with E-state index in [-0.39, 0.29) is 5.91 Å². The fourth-order valence-corrected chi connectivity index (χ4v) is 4.72. The molecule has 0 N–H and O–H groups in total. The van der Waals surface area contributed by atoms with Crippen molar-refractivity contribution in [2.75, 3.05) is 17.1 Å². The third-order valence-electron chi connectivity index (χ3n) is 4.77. The van der Waals surface area contributed by atoms with Crippen LogP contribution in [0.2, 0.25) is 0 Å². The normalized spacial score (nSPS) is 15.2. The Morgan fingerprint density at radius 1 is 1.08 bits per heavy atom. The lowest BCUT2D eigenvalue weighted by molar-refractivity contribution is -0.133. The Labute approximate surface area is 155 Å². The van der Waals surface area contributed by atoms with E-state index in [1.807, 2.05) is 31.2 Å². The molecule has 0 spiro atoms. The maximum Gasteiger partial charge on any atom is 0.246 e. The minimum Gasteiger partial charge on any atom is -0.336 e. The number of fused-ring (bicyclic) bond motifs is 1. The number of rotatable bonds is 5. The molecule has 1 aliphatic rings. The van der Waals surface area contributed by atoms with Gasteiger partial charge in [-0.1, -0.05) is 49.4 Å². The highest BCUT2D eigenvalue weighted by atomic mass is 32.2. The predicted octanol–water partition coefficient (Wildman–Crippen LogP) is 2.82. The van der Waals surface area contributed by atoms with Crippen LogP contribution in [0.3, 0.4) is 0 Å². The van der Waals surface area contributed by atoms with Crippen LogP contribution in [0.15, 0.2) is 54.6 Å². The largest absolute Gasteiger partial charge is 0.336 e. The van der Waals surface area contributed by atoms with Crippen LogP contribution in [0.5, 0.6) is 0 Å². The van der Waals surface area contributed by atoms with E-state index in [2.05, 4.69) is 6.07 Å². The summed E-state index contributed by atoms with van der Waals surface area (Å²) < 4.78 is 26.2. The quantitative estimate of drug-likeness (QED) is 0.811. The molecule has 0 bridgehead atoms. The zero-order valence-electron chi connectivity index (χ0n) is 15.1. The highest BCUT2D eigenvalue weighted by molar-refractivity contribution is 7.92. The van der Waals surface area contributed by atoms with Crippen molar-refractivity contribution < 1.29 is 13.2 Å². The van der Waals surface area contributed by atoms with E-state index in [0.29, 0.717) is 25.2 Å². The number of hydrogen-bond acceptors (Lipinski definition) is 3. The topological polar surface area (TPSA) is 57.7 Å². The van der Waals surface area contributed by atoms with E-state index in [9.17, 15) is 13.2 Å². The van der Waals surface area contributed by atoms with Gasteiger partial charge in [-0.3, -0.25) is 9.10 Å². The number of amides is 1. The summed E-state index contributed by atoms with van der Waals surface area (Å²) >= 11 is 0. The van der Waals surface area contributed by atoms with Crippen LogP contribution in [0.1, 0.15) is 24.5 Å². The molecular formula is C20H24N2O3S. The van der Waals surface area contributed by atoms with Crippen molar-refractivity contribution in [3.8, 4) is 0 Å². The first-order chi connectivity index (χ1) is 12.4. The smallest absolute Gasteiger partial charge is 0.246 e. The maximum atomic E-state index is 13.2. The number of sulfonamides is 1. The van der Waals surface area contributed by atoms with Crippen molar-refractivity contribution in [3.05, 3.63) is 65.7 Å². The second kappa shape index (κ2) is 7.50. The minimum atomic E-state index is -3.59. The van der Waals surface area contributed by atoms with Gasteiger partial charge in [-0.2, -0.15) is 0 Å². The van der Waals surface area contributed by atoms with Gasteiger partial charge in [0.1, 0.15) is 6.04 Å². The first-order valence-electron chi connectivity index (χ1n) is 8.82. The van der Waals surface area contributed by atoms with Crippen LogP contribution < -0.4 is 4.31 Å². The Morgan fingerprint density at radius 2 is 1.69 bits per heavy atom.